The Balaban J connectivity index is 2.59. The van der Waals surface area contributed by atoms with Crippen LogP contribution >= 0.6 is 0 Å². The highest BCUT2D eigenvalue weighted by Crippen LogP contribution is 2.21. The van der Waals surface area contributed by atoms with E-state index in [4.69, 9.17) is 9.47 Å². The van der Waals surface area contributed by atoms with Gasteiger partial charge in [0.15, 0.2) is 0 Å². The summed E-state index contributed by atoms with van der Waals surface area (Å²) in [6.45, 7) is 6.68. The van der Waals surface area contributed by atoms with Crippen LogP contribution < -0.4 is 10.1 Å². The van der Waals surface area contributed by atoms with Crippen LogP contribution in [0.1, 0.15) is 52.9 Å². The molecule has 1 amide bonds. The summed E-state index contributed by atoms with van der Waals surface area (Å²) in [6, 6.07) is 3.56. The molecule has 1 aromatic heterocycles. The molecule has 1 atom stereocenters. The molecule has 1 N–H and O–H groups in total. The Bertz CT molecular complexity index is 448. The lowest BCUT2D eigenvalue weighted by atomic mass is 9.97. The van der Waals surface area contributed by atoms with E-state index in [0.29, 0.717) is 24.6 Å². The molecule has 5 heteroatoms. The maximum atomic E-state index is 12.4. The molecule has 0 unspecified atom stereocenters. The fourth-order valence-corrected chi connectivity index (χ4v) is 1.95. The number of nitrogens with zero attached hydrogens (tertiary/aromatic N) is 1. The first-order valence-corrected chi connectivity index (χ1v) is 8.01. The molecule has 0 saturated carbocycles. The van der Waals surface area contributed by atoms with Gasteiger partial charge in [0.2, 0.25) is 5.88 Å². The molecule has 0 aromatic carbocycles. The minimum atomic E-state index is -0.813. The number of carbonyl (C=O) groups excluding carboxylic acids is 1. The van der Waals surface area contributed by atoms with E-state index in [1.807, 2.05) is 6.92 Å². The molecule has 0 radical (unpaired) electrons. The number of pyridine rings is 1. The van der Waals surface area contributed by atoms with Gasteiger partial charge in [-0.2, -0.15) is 0 Å². The molecule has 0 fully saturated rings. The molecule has 0 aliphatic rings. The average molecular weight is 308 g/mol. The first kappa shape index (κ1) is 18.4. The van der Waals surface area contributed by atoms with Crippen LogP contribution in [0.3, 0.4) is 0 Å². The fourth-order valence-electron chi connectivity index (χ4n) is 1.95. The molecular formula is C17H28N2O3. The molecule has 0 bridgehead atoms. The van der Waals surface area contributed by atoms with E-state index < -0.39 is 5.60 Å². The van der Waals surface area contributed by atoms with E-state index >= 15 is 0 Å². The number of ether oxygens (including phenoxy) is 2. The van der Waals surface area contributed by atoms with Crippen molar-refractivity contribution in [2.24, 2.45) is 0 Å². The van der Waals surface area contributed by atoms with Gasteiger partial charge < -0.3 is 14.8 Å². The summed E-state index contributed by atoms with van der Waals surface area (Å²) < 4.78 is 10.9. The largest absolute Gasteiger partial charge is 0.478 e. The number of anilines is 1. The van der Waals surface area contributed by atoms with Crippen LogP contribution in [0.2, 0.25) is 0 Å². The highest BCUT2D eigenvalue weighted by atomic mass is 16.5. The molecule has 0 aliphatic heterocycles. The second-order valence-corrected chi connectivity index (χ2v) is 5.58. The molecule has 124 valence electrons. The van der Waals surface area contributed by atoms with Gasteiger partial charge in [-0.05, 0) is 25.8 Å². The topological polar surface area (TPSA) is 60.5 Å². The molecule has 5 nitrogen and oxygen atoms in total. The fraction of sp³-hybridized carbons (Fsp3) is 0.647. The van der Waals surface area contributed by atoms with Crippen LogP contribution in [0, 0.1) is 0 Å². The normalized spacial score (nSPS) is 13.5. The van der Waals surface area contributed by atoms with Crippen molar-refractivity contribution in [1.82, 2.24) is 4.98 Å². The zero-order chi connectivity index (χ0) is 16.4. The standard InChI is InChI=1S/C17H28N2O3/c1-5-7-11-17(3,21-4)16(20)19-14-9-10-15(18-13-14)22-12-8-6-2/h9-10,13H,5-8,11-12H2,1-4H3,(H,19,20)/t17-/m0/s1. The number of carbonyl (C=O) groups is 1. The highest BCUT2D eigenvalue weighted by Gasteiger charge is 2.32. The summed E-state index contributed by atoms with van der Waals surface area (Å²) in [5.41, 5.74) is -0.167. The van der Waals surface area contributed by atoms with Crippen LogP contribution in [0.5, 0.6) is 5.88 Å². The third-order valence-electron chi connectivity index (χ3n) is 3.68. The summed E-state index contributed by atoms with van der Waals surface area (Å²) in [6.07, 6.45) is 6.36. The van der Waals surface area contributed by atoms with Crippen LogP contribution in [0.4, 0.5) is 5.69 Å². The Morgan fingerprint density at radius 2 is 2.00 bits per heavy atom. The number of rotatable bonds is 10. The third kappa shape index (κ3) is 5.64. The van der Waals surface area contributed by atoms with Gasteiger partial charge in [-0.1, -0.05) is 33.1 Å². The van der Waals surface area contributed by atoms with E-state index in [9.17, 15) is 4.79 Å². The molecule has 22 heavy (non-hydrogen) atoms. The molecule has 1 heterocycles. The lowest BCUT2D eigenvalue weighted by Gasteiger charge is -2.26. The number of nitrogens with one attached hydrogen (secondary N) is 1. The van der Waals surface area contributed by atoms with Gasteiger partial charge in [0.05, 0.1) is 18.5 Å². The van der Waals surface area contributed by atoms with Crippen molar-refractivity contribution in [3.63, 3.8) is 0 Å². The molecule has 0 saturated heterocycles. The summed E-state index contributed by atoms with van der Waals surface area (Å²) in [5, 5.41) is 2.85. The van der Waals surface area contributed by atoms with Gasteiger partial charge in [-0.3, -0.25) is 4.79 Å². The third-order valence-corrected chi connectivity index (χ3v) is 3.68. The monoisotopic (exact) mass is 308 g/mol. The van der Waals surface area contributed by atoms with Gasteiger partial charge in [-0.25, -0.2) is 4.98 Å². The number of aromatic nitrogens is 1. The van der Waals surface area contributed by atoms with Crippen molar-refractivity contribution < 1.29 is 14.3 Å². The Hall–Kier alpha value is -1.62. The Labute approximate surface area is 133 Å². The Morgan fingerprint density at radius 3 is 2.55 bits per heavy atom. The summed E-state index contributed by atoms with van der Waals surface area (Å²) in [5.74, 6) is 0.428. The zero-order valence-electron chi connectivity index (χ0n) is 14.1. The van der Waals surface area contributed by atoms with Crippen LogP contribution in [0.25, 0.3) is 0 Å². The van der Waals surface area contributed by atoms with E-state index in [0.717, 1.165) is 25.7 Å². The van der Waals surface area contributed by atoms with Crippen molar-refractivity contribution in [2.45, 2.75) is 58.5 Å². The maximum absolute atomic E-state index is 12.4. The average Bonchev–Trinajstić information content (AvgIpc) is 2.54. The van der Waals surface area contributed by atoms with Gasteiger partial charge in [0, 0.05) is 13.2 Å². The number of methoxy groups -OCH3 is 1. The molecule has 1 aromatic rings. The first-order chi connectivity index (χ1) is 10.6. The number of amides is 1. The molecular weight excluding hydrogens is 280 g/mol. The van der Waals surface area contributed by atoms with Crippen LogP contribution in [-0.4, -0.2) is 30.2 Å². The smallest absolute Gasteiger partial charge is 0.256 e. The molecule has 0 spiro atoms. The summed E-state index contributed by atoms with van der Waals surface area (Å²) in [4.78, 5) is 16.6. The minimum Gasteiger partial charge on any atom is -0.478 e. The summed E-state index contributed by atoms with van der Waals surface area (Å²) >= 11 is 0. The van der Waals surface area contributed by atoms with Crippen molar-refractivity contribution in [3.8, 4) is 5.88 Å². The lowest BCUT2D eigenvalue weighted by molar-refractivity contribution is -0.136. The second-order valence-electron chi connectivity index (χ2n) is 5.58. The molecule has 1 rings (SSSR count). The van der Waals surface area contributed by atoms with Crippen molar-refractivity contribution in [3.05, 3.63) is 18.3 Å². The Morgan fingerprint density at radius 1 is 1.27 bits per heavy atom. The van der Waals surface area contributed by atoms with Gasteiger partial charge in [-0.15, -0.1) is 0 Å². The highest BCUT2D eigenvalue weighted by molar-refractivity contribution is 5.96. The predicted octanol–water partition coefficient (Wildman–Crippen LogP) is 3.79. The maximum Gasteiger partial charge on any atom is 0.256 e. The quantitative estimate of drug-likeness (QED) is 0.668. The van der Waals surface area contributed by atoms with Crippen LogP contribution in [0.15, 0.2) is 18.3 Å². The SMILES string of the molecule is CCCCOc1ccc(NC(=O)[C@](C)(CCCC)OC)cn1. The van der Waals surface area contributed by atoms with E-state index in [1.165, 1.54) is 0 Å². The van der Waals surface area contributed by atoms with Gasteiger partial charge in [0.25, 0.3) is 5.91 Å². The minimum absolute atomic E-state index is 0.148. The van der Waals surface area contributed by atoms with Gasteiger partial charge >= 0.3 is 0 Å². The predicted molar refractivity (Wildman–Crippen MR) is 88.2 cm³/mol. The number of hydrogen-bond donors (Lipinski definition) is 1. The van der Waals surface area contributed by atoms with Crippen molar-refractivity contribution in [2.75, 3.05) is 19.0 Å². The van der Waals surface area contributed by atoms with E-state index in [-0.39, 0.29) is 5.91 Å². The zero-order valence-corrected chi connectivity index (χ0v) is 14.1. The Kier molecular flexibility index (Phi) is 7.88. The molecule has 0 aliphatic carbocycles. The first-order valence-electron chi connectivity index (χ1n) is 8.01. The van der Waals surface area contributed by atoms with Gasteiger partial charge in [0.1, 0.15) is 5.60 Å². The van der Waals surface area contributed by atoms with E-state index in [1.54, 1.807) is 25.4 Å². The summed E-state index contributed by atoms with van der Waals surface area (Å²) in [7, 11) is 1.57. The number of unbranched alkanes of at least 4 members (excludes halogenated alkanes) is 2. The van der Waals surface area contributed by atoms with Crippen molar-refractivity contribution in [1.29, 1.82) is 0 Å². The second kappa shape index (κ2) is 9.41. The van der Waals surface area contributed by atoms with Crippen LogP contribution in [-0.2, 0) is 9.53 Å². The van der Waals surface area contributed by atoms with E-state index in [2.05, 4.69) is 24.1 Å². The lowest BCUT2D eigenvalue weighted by Crippen LogP contribution is -2.41. The number of hydrogen-bond acceptors (Lipinski definition) is 4. The van der Waals surface area contributed by atoms with Crippen molar-refractivity contribution >= 4 is 11.6 Å².